The van der Waals surface area contributed by atoms with Crippen molar-refractivity contribution < 1.29 is 53.4 Å². The van der Waals surface area contributed by atoms with Crippen LogP contribution >= 0.6 is 0 Å². The molecule has 0 aliphatic carbocycles. The molecule has 19 N–H and O–H groups in total. The van der Waals surface area contributed by atoms with Crippen molar-refractivity contribution in [2.45, 2.75) is 152 Å². The lowest BCUT2D eigenvalue weighted by Gasteiger charge is -2.31. The van der Waals surface area contributed by atoms with Gasteiger partial charge in [-0.2, -0.15) is 0 Å². The second-order valence-corrected chi connectivity index (χ2v) is 18.7. The van der Waals surface area contributed by atoms with E-state index in [4.69, 9.17) is 28.7 Å². The molecule has 1 saturated heterocycles. The molecule has 26 heteroatoms. The number of unbranched alkanes of at least 4 members (excludes halogenated alkanes) is 2. The highest BCUT2D eigenvalue weighted by Crippen LogP contribution is 2.21. The zero-order valence-electron chi connectivity index (χ0n) is 42.3. The Morgan fingerprint density at radius 2 is 1.26 bits per heavy atom. The van der Waals surface area contributed by atoms with E-state index in [-0.39, 0.29) is 89.4 Å². The number of nitrogens with one attached hydrogen (secondary N) is 7. The summed E-state index contributed by atoms with van der Waals surface area (Å²) in [6, 6.07) is -1.66. The number of carbonyl (C=O) groups is 9. The van der Waals surface area contributed by atoms with E-state index in [0.717, 1.165) is 4.90 Å². The Bertz CT molecular complexity index is 2180. The molecule has 0 spiro atoms. The largest absolute Gasteiger partial charge is 0.481 e. The van der Waals surface area contributed by atoms with Crippen LogP contribution in [0.2, 0.25) is 0 Å². The Hall–Kier alpha value is -7.19. The standard InChI is InChI=1S/C48H77N15O11/c1-28(2)22-37(47(73)74)62-43(69)34(16-10-20-55-48(52)53)57-41(67)33(15-7-9-19-50)59-45(71)38-17-11-21-63(38)46(72)36(25-39(64)65)61-42(68)32(14-6-8-18-49)58-44(70)35(23-29-12-4-3-5-13-29)60-40(66)31(51)24-30-26-54-27-56-30/h3-5,12-13,26-28,31-38H,6-11,14-25,49-51H2,1-2H3,(H,54,56)(H,57,67)(H,58,70)(H,59,71)(H,60,66)(H,61,68)(H,62,69)(H,64,65)(H,73,74)(H4,52,53,55)/t31-,32-,33-,34-,35-,36-,37-,38-/m0/s1. The minimum absolute atomic E-state index is 0.00265. The van der Waals surface area contributed by atoms with Gasteiger partial charge in [0.05, 0.1) is 18.8 Å². The first-order chi connectivity index (χ1) is 35.2. The van der Waals surface area contributed by atoms with Crippen LogP contribution in [0.5, 0.6) is 0 Å². The number of aliphatic imine (C=N–C) groups is 1. The molecule has 0 unspecified atom stereocenters. The van der Waals surface area contributed by atoms with E-state index in [1.165, 1.54) is 12.5 Å². The summed E-state index contributed by atoms with van der Waals surface area (Å²) < 4.78 is 0. The molecule has 1 aromatic carbocycles. The van der Waals surface area contributed by atoms with Crippen LogP contribution < -0.4 is 60.6 Å². The van der Waals surface area contributed by atoms with Crippen LogP contribution in [0.3, 0.4) is 0 Å². The monoisotopic (exact) mass is 1040 g/mol. The number of amides is 7. The number of aliphatic carboxylic acids is 2. The first-order valence-electron chi connectivity index (χ1n) is 25.0. The first kappa shape index (κ1) is 61.1. The number of hydrogen-bond acceptors (Lipinski definition) is 14. The number of H-pyrrole nitrogens is 1. The van der Waals surface area contributed by atoms with Gasteiger partial charge in [-0.3, -0.25) is 43.3 Å². The fourth-order valence-corrected chi connectivity index (χ4v) is 8.29. The molecule has 0 bridgehead atoms. The molecular formula is C48H77N15O11. The van der Waals surface area contributed by atoms with Crippen LogP contribution in [-0.2, 0) is 56.0 Å². The number of rotatable bonds is 34. The fourth-order valence-electron chi connectivity index (χ4n) is 8.29. The predicted octanol–water partition coefficient (Wildman–Crippen LogP) is -2.66. The number of nitrogens with two attached hydrogens (primary N) is 5. The number of benzene rings is 1. The van der Waals surface area contributed by atoms with E-state index in [2.05, 4.69) is 46.9 Å². The van der Waals surface area contributed by atoms with Gasteiger partial charge in [-0.25, -0.2) is 9.78 Å². The fraction of sp³-hybridized carbons (Fsp3) is 0.604. The summed E-state index contributed by atoms with van der Waals surface area (Å²) in [6.07, 6.45) is 4.44. The minimum atomic E-state index is -1.73. The lowest BCUT2D eigenvalue weighted by molar-refractivity contribution is -0.146. The summed E-state index contributed by atoms with van der Waals surface area (Å²) in [7, 11) is 0. The molecule has 8 atom stereocenters. The van der Waals surface area contributed by atoms with Gasteiger partial charge >= 0.3 is 11.9 Å². The van der Waals surface area contributed by atoms with E-state index < -0.39 is 108 Å². The van der Waals surface area contributed by atoms with Gasteiger partial charge in [0, 0.05) is 37.8 Å². The van der Waals surface area contributed by atoms with Crippen LogP contribution in [-0.4, -0.2) is 159 Å². The highest BCUT2D eigenvalue weighted by molar-refractivity contribution is 5.98. The summed E-state index contributed by atoms with van der Waals surface area (Å²) in [4.78, 5) is 134. The van der Waals surface area contributed by atoms with Crippen molar-refractivity contribution in [3.05, 3.63) is 54.1 Å². The minimum Gasteiger partial charge on any atom is -0.481 e. The summed E-state index contributed by atoms with van der Waals surface area (Å²) in [6.45, 7) is 4.15. The van der Waals surface area contributed by atoms with Gasteiger partial charge in [0.1, 0.15) is 42.3 Å². The molecule has 410 valence electrons. The maximum atomic E-state index is 14.4. The number of aromatic nitrogens is 2. The van der Waals surface area contributed by atoms with Crippen molar-refractivity contribution >= 4 is 59.2 Å². The van der Waals surface area contributed by atoms with Gasteiger partial charge in [0.15, 0.2) is 5.96 Å². The molecule has 1 aromatic heterocycles. The van der Waals surface area contributed by atoms with E-state index >= 15 is 0 Å². The second kappa shape index (κ2) is 32.1. The Kier molecular flexibility index (Phi) is 26.5. The Morgan fingerprint density at radius 1 is 0.716 bits per heavy atom. The molecule has 3 rings (SSSR count). The topological polar surface area (TPSA) is 441 Å². The third kappa shape index (κ3) is 21.5. The number of carbonyl (C=O) groups excluding carboxylic acids is 7. The number of carboxylic acid groups (broad SMARTS) is 2. The highest BCUT2D eigenvalue weighted by atomic mass is 16.4. The van der Waals surface area contributed by atoms with Gasteiger partial charge in [0.25, 0.3) is 0 Å². The van der Waals surface area contributed by atoms with Crippen LogP contribution in [0.4, 0.5) is 0 Å². The first-order valence-corrected chi connectivity index (χ1v) is 25.0. The van der Waals surface area contributed by atoms with Crippen molar-refractivity contribution in [3.63, 3.8) is 0 Å². The van der Waals surface area contributed by atoms with Gasteiger partial charge in [-0.1, -0.05) is 44.2 Å². The average Bonchev–Trinajstić information content (AvgIpc) is 4.06. The molecule has 2 aromatic rings. The number of nitrogens with zero attached hydrogens (tertiary/aromatic N) is 3. The van der Waals surface area contributed by atoms with E-state index in [0.29, 0.717) is 43.4 Å². The lowest BCUT2D eigenvalue weighted by Crippen LogP contribution is -2.60. The van der Waals surface area contributed by atoms with Crippen molar-refractivity contribution in [1.82, 2.24) is 46.8 Å². The molecule has 7 amide bonds. The van der Waals surface area contributed by atoms with Crippen molar-refractivity contribution in [3.8, 4) is 0 Å². The number of imidazole rings is 1. The Labute approximate surface area is 430 Å². The van der Waals surface area contributed by atoms with E-state index in [1.807, 2.05) is 0 Å². The van der Waals surface area contributed by atoms with Crippen LogP contribution in [0.1, 0.15) is 102 Å². The molecule has 26 nitrogen and oxygen atoms in total. The van der Waals surface area contributed by atoms with Crippen molar-refractivity contribution in [2.75, 3.05) is 26.2 Å². The second-order valence-electron chi connectivity index (χ2n) is 18.7. The Balaban J connectivity index is 1.86. The molecule has 1 fully saturated rings. The van der Waals surface area contributed by atoms with Crippen molar-refractivity contribution in [2.24, 2.45) is 39.6 Å². The molecule has 0 saturated carbocycles. The summed E-state index contributed by atoms with van der Waals surface area (Å²) in [5.41, 5.74) is 29.8. The third-order valence-corrected chi connectivity index (χ3v) is 12.1. The number of hydrogen-bond donors (Lipinski definition) is 14. The average molecular weight is 1040 g/mol. The van der Waals surface area contributed by atoms with Crippen LogP contribution in [0.25, 0.3) is 0 Å². The normalized spacial score (nSPS) is 16.0. The molecule has 1 aliphatic heterocycles. The zero-order valence-corrected chi connectivity index (χ0v) is 42.3. The SMILES string of the molecule is CC(C)C[C@H](NC(=O)[C@H](CCCN=C(N)N)NC(=O)[C@H](CCCCN)NC(=O)[C@@H]1CCCN1C(=O)[C@H](CC(=O)O)NC(=O)[C@H](CCCCN)NC(=O)[C@H](Cc1ccccc1)NC(=O)[C@@H](N)Cc1cnc[nH]1)C(=O)O. The number of likely N-dealkylation sites (tertiary alicyclic amines) is 1. The van der Waals surface area contributed by atoms with Crippen molar-refractivity contribution in [1.29, 1.82) is 0 Å². The number of guanidine groups is 1. The van der Waals surface area contributed by atoms with E-state index in [1.54, 1.807) is 44.2 Å². The maximum absolute atomic E-state index is 14.4. The smallest absolute Gasteiger partial charge is 0.326 e. The number of aromatic amines is 1. The summed E-state index contributed by atoms with van der Waals surface area (Å²) >= 11 is 0. The van der Waals surface area contributed by atoms with Crippen LogP contribution in [0, 0.1) is 5.92 Å². The molecule has 74 heavy (non-hydrogen) atoms. The Morgan fingerprint density at radius 3 is 1.78 bits per heavy atom. The maximum Gasteiger partial charge on any atom is 0.326 e. The van der Waals surface area contributed by atoms with Gasteiger partial charge in [-0.15, -0.1) is 0 Å². The zero-order chi connectivity index (χ0) is 54.7. The highest BCUT2D eigenvalue weighted by Gasteiger charge is 2.41. The van der Waals surface area contributed by atoms with Gasteiger partial charge < -0.3 is 80.7 Å². The van der Waals surface area contributed by atoms with Gasteiger partial charge in [-0.05, 0) is 95.2 Å². The van der Waals surface area contributed by atoms with Crippen LogP contribution in [0.15, 0.2) is 47.8 Å². The third-order valence-electron chi connectivity index (χ3n) is 12.1. The summed E-state index contributed by atoms with van der Waals surface area (Å²) in [5.74, 6) is -8.62. The quantitative estimate of drug-likeness (QED) is 0.0193. The molecule has 1 aliphatic rings. The van der Waals surface area contributed by atoms with Gasteiger partial charge in [0.2, 0.25) is 41.4 Å². The summed E-state index contributed by atoms with van der Waals surface area (Å²) in [5, 5.41) is 35.5. The lowest BCUT2D eigenvalue weighted by atomic mass is 10.0. The predicted molar refractivity (Wildman–Crippen MR) is 272 cm³/mol. The molecule has 2 heterocycles. The molecular weight excluding hydrogens is 963 g/mol. The van der Waals surface area contributed by atoms with E-state index in [9.17, 15) is 53.4 Å². The number of carboxylic acids is 2. The molecule has 0 radical (unpaired) electrons.